The average Bonchev–Trinajstić information content (AvgIpc) is 3.54. The van der Waals surface area contributed by atoms with Crippen LogP contribution in [0.25, 0.3) is 0 Å². The summed E-state index contributed by atoms with van der Waals surface area (Å²) in [5, 5.41) is 6.15. The molecule has 1 aromatic heterocycles. The van der Waals surface area contributed by atoms with Crippen molar-refractivity contribution in [2.45, 2.75) is 57.8 Å². The Morgan fingerprint density at radius 1 is 1.15 bits per heavy atom. The van der Waals surface area contributed by atoms with Crippen molar-refractivity contribution in [3.63, 3.8) is 0 Å². The standard InChI is InChI=1S/C28H29F3N6O4/c1-32-25(39)22(8-4-12-38)36-15-21-20(26(36)40)7-3-9-23(21)41-17-19-6-2-5-18(13-19)14-35-10-11-37-24(16-35)33-27(34-37)28(29,30)31/h2-3,5-7,9,12-13,22H,4,8,10-11,14-17H2,1H3,(H,32,39). The SMILES string of the molecule is CNC(=O)C(CCC=O)N1Cc2c(OCc3cccc(CN4CCn5nc(C(F)(F)F)nc5C4)c3)cccc2C1=O. The van der Waals surface area contributed by atoms with Gasteiger partial charge in [0.25, 0.3) is 11.7 Å². The molecule has 0 aliphatic carbocycles. The number of likely N-dealkylation sites (N-methyl/N-ethyl adjacent to an activating group) is 1. The first kappa shape index (κ1) is 28.3. The molecule has 2 amide bonds. The molecule has 0 saturated heterocycles. The second-order valence-corrected chi connectivity index (χ2v) is 9.98. The van der Waals surface area contributed by atoms with Crippen LogP contribution in [0.2, 0.25) is 0 Å². The van der Waals surface area contributed by atoms with Crippen molar-refractivity contribution >= 4 is 18.1 Å². The van der Waals surface area contributed by atoms with E-state index in [0.29, 0.717) is 36.5 Å². The lowest BCUT2D eigenvalue weighted by atomic mass is 10.1. The predicted octanol–water partition coefficient (Wildman–Crippen LogP) is 2.94. The van der Waals surface area contributed by atoms with Crippen molar-refractivity contribution in [2.75, 3.05) is 13.6 Å². The number of benzene rings is 2. The molecule has 2 aliphatic rings. The van der Waals surface area contributed by atoms with Gasteiger partial charge < -0.3 is 19.7 Å². The molecule has 0 fully saturated rings. The van der Waals surface area contributed by atoms with Crippen molar-refractivity contribution < 1.29 is 32.3 Å². The van der Waals surface area contributed by atoms with E-state index in [1.165, 1.54) is 16.6 Å². The molecule has 10 nitrogen and oxygen atoms in total. The molecule has 216 valence electrons. The fraction of sp³-hybridized carbons (Fsp3) is 0.393. The zero-order valence-corrected chi connectivity index (χ0v) is 22.4. The Morgan fingerprint density at radius 3 is 2.68 bits per heavy atom. The first-order valence-corrected chi connectivity index (χ1v) is 13.2. The number of aldehydes is 1. The summed E-state index contributed by atoms with van der Waals surface area (Å²) in [6.45, 7) is 2.07. The lowest BCUT2D eigenvalue weighted by molar-refractivity contribution is -0.145. The second-order valence-electron chi connectivity index (χ2n) is 9.98. The number of amides is 2. The number of alkyl halides is 3. The average molecular weight is 571 g/mol. The number of halogens is 3. The Balaban J connectivity index is 1.24. The minimum Gasteiger partial charge on any atom is -0.489 e. The molecule has 1 unspecified atom stereocenters. The van der Waals surface area contributed by atoms with Gasteiger partial charge in [-0.2, -0.15) is 13.2 Å². The fourth-order valence-corrected chi connectivity index (χ4v) is 5.21. The van der Waals surface area contributed by atoms with E-state index in [0.717, 1.165) is 17.4 Å². The molecule has 0 spiro atoms. The van der Waals surface area contributed by atoms with Crippen LogP contribution in [0.4, 0.5) is 13.2 Å². The summed E-state index contributed by atoms with van der Waals surface area (Å²) in [7, 11) is 1.49. The largest absolute Gasteiger partial charge is 0.489 e. The first-order valence-electron chi connectivity index (χ1n) is 13.2. The van der Waals surface area contributed by atoms with E-state index in [-0.39, 0.29) is 50.2 Å². The quantitative estimate of drug-likeness (QED) is 0.374. The number of carbonyl (C=O) groups is 3. The Hall–Kier alpha value is -4.26. The van der Waals surface area contributed by atoms with Gasteiger partial charge in [0, 0.05) is 37.7 Å². The zero-order valence-electron chi connectivity index (χ0n) is 22.4. The topological polar surface area (TPSA) is 110 Å². The number of hydrogen-bond acceptors (Lipinski definition) is 7. The van der Waals surface area contributed by atoms with E-state index < -0.39 is 18.0 Å². The Bertz CT molecular complexity index is 1460. The minimum atomic E-state index is -4.57. The molecular weight excluding hydrogens is 541 g/mol. The molecule has 41 heavy (non-hydrogen) atoms. The van der Waals surface area contributed by atoms with Gasteiger partial charge in [-0.25, -0.2) is 9.67 Å². The van der Waals surface area contributed by atoms with Crippen molar-refractivity contribution in [2.24, 2.45) is 0 Å². The molecular formula is C28H29F3N6O4. The molecule has 0 saturated carbocycles. The van der Waals surface area contributed by atoms with Crippen molar-refractivity contribution in [1.29, 1.82) is 0 Å². The van der Waals surface area contributed by atoms with Crippen LogP contribution in [0.15, 0.2) is 42.5 Å². The Kier molecular flexibility index (Phi) is 8.06. The van der Waals surface area contributed by atoms with Crippen molar-refractivity contribution in [1.82, 2.24) is 29.9 Å². The third kappa shape index (κ3) is 6.09. The number of aromatic nitrogens is 3. The summed E-state index contributed by atoms with van der Waals surface area (Å²) in [5.74, 6) is -0.912. The molecule has 1 N–H and O–H groups in total. The molecule has 0 radical (unpaired) electrons. The smallest absolute Gasteiger partial charge is 0.453 e. The maximum absolute atomic E-state index is 13.1. The van der Waals surface area contributed by atoms with Gasteiger partial charge in [0.2, 0.25) is 5.91 Å². The summed E-state index contributed by atoms with van der Waals surface area (Å²) >= 11 is 0. The van der Waals surface area contributed by atoms with Crippen LogP contribution in [0.5, 0.6) is 5.75 Å². The third-order valence-corrected chi connectivity index (χ3v) is 7.22. The van der Waals surface area contributed by atoms with Gasteiger partial charge in [-0.1, -0.05) is 30.3 Å². The molecule has 1 atom stereocenters. The van der Waals surface area contributed by atoms with E-state index in [9.17, 15) is 27.6 Å². The van der Waals surface area contributed by atoms with Crippen LogP contribution in [0, 0.1) is 0 Å². The monoisotopic (exact) mass is 570 g/mol. The highest BCUT2D eigenvalue weighted by Crippen LogP contribution is 2.33. The molecule has 2 aliphatic heterocycles. The summed E-state index contributed by atoms with van der Waals surface area (Å²) in [6.07, 6.45) is -3.46. The molecule has 13 heteroatoms. The van der Waals surface area contributed by atoms with Gasteiger partial charge in [-0.05, 0) is 29.7 Å². The van der Waals surface area contributed by atoms with Crippen molar-refractivity contribution in [3.8, 4) is 5.75 Å². The number of ether oxygens (including phenoxy) is 1. The van der Waals surface area contributed by atoms with E-state index in [1.807, 2.05) is 29.2 Å². The maximum Gasteiger partial charge on any atom is 0.453 e. The van der Waals surface area contributed by atoms with Gasteiger partial charge in [-0.15, -0.1) is 5.10 Å². The third-order valence-electron chi connectivity index (χ3n) is 7.22. The zero-order chi connectivity index (χ0) is 29.1. The first-order chi connectivity index (χ1) is 19.7. The van der Waals surface area contributed by atoms with Crippen molar-refractivity contribution in [3.05, 3.63) is 76.4 Å². The summed E-state index contributed by atoms with van der Waals surface area (Å²) in [6, 6.07) is 12.2. The van der Waals surface area contributed by atoms with E-state index in [1.54, 1.807) is 18.2 Å². The van der Waals surface area contributed by atoms with Crippen LogP contribution in [0.3, 0.4) is 0 Å². The van der Waals surface area contributed by atoms with Crippen LogP contribution in [-0.2, 0) is 48.6 Å². The number of fused-ring (bicyclic) bond motifs is 2. The molecule has 0 bridgehead atoms. The Morgan fingerprint density at radius 2 is 1.93 bits per heavy atom. The second kappa shape index (κ2) is 11.7. The summed E-state index contributed by atoms with van der Waals surface area (Å²) in [4.78, 5) is 43.7. The van der Waals surface area contributed by atoms with Gasteiger partial charge in [0.15, 0.2) is 0 Å². The normalized spacial score (nSPS) is 15.8. The van der Waals surface area contributed by atoms with Crippen LogP contribution in [0.1, 0.15) is 51.5 Å². The lowest BCUT2D eigenvalue weighted by Crippen LogP contribution is -2.46. The number of carbonyl (C=O) groups excluding carboxylic acids is 3. The van der Waals surface area contributed by atoms with Crippen LogP contribution < -0.4 is 10.1 Å². The minimum absolute atomic E-state index is 0.157. The fourth-order valence-electron chi connectivity index (χ4n) is 5.21. The number of rotatable bonds is 10. The van der Waals surface area contributed by atoms with Gasteiger partial charge in [-0.3, -0.25) is 14.5 Å². The highest BCUT2D eigenvalue weighted by atomic mass is 19.4. The lowest BCUT2D eigenvalue weighted by Gasteiger charge is -2.26. The summed E-state index contributed by atoms with van der Waals surface area (Å²) in [5.41, 5.74) is 3.00. The predicted molar refractivity (Wildman–Crippen MR) is 139 cm³/mol. The Labute approximate surface area is 234 Å². The highest BCUT2D eigenvalue weighted by molar-refractivity contribution is 6.01. The van der Waals surface area contributed by atoms with E-state index in [2.05, 4.69) is 15.4 Å². The van der Waals surface area contributed by atoms with E-state index in [4.69, 9.17) is 4.74 Å². The maximum atomic E-state index is 13.1. The van der Waals surface area contributed by atoms with Gasteiger partial charge in [0.1, 0.15) is 30.5 Å². The number of hydrogen-bond donors (Lipinski definition) is 1. The van der Waals surface area contributed by atoms with Crippen LogP contribution in [-0.4, -0.2) is 62.3 Å². The number of nitrogens with one attached hydrogen (secondary N) is 1. The summed E-state index contributed by atoms with van der Waals surface area (Å²) < 4.78 is 46.4. The van der Waals surface area contributed by atoms with Gasteiger partial charge in [0.05, 0.1) is 19.6 Å². The molecule has 5 rings (SSSR count). The number of nitrogens with zero attached hydrogens (tertiary/aromatic N) is 5. The van der Waals surface area contributed by atoms with E-state index >= 15 is 0 Å². The highest BCUT2D eigenvalue weighted by Gasteiger charge is 2.38. The molecule has 2 aromatic carbocycles. The molecule has 3 aromatic rings. The van der Waals surface area contributed by atoms with Crippen LogP contribution >= 0.6 is 0 Å². The van der Waals surface area contributed by atoms with Gasteiger partial charge >= 0.3 is 6.18 Å². The molecule has 3 heterocycles.